The van der Waals surface area contributed by atoms with Gasteiger partial charge in [0.2, 0.25) is 17.6 Å². The highest BCUT2D eigenvalue weighted by atomic mass is 16.5. The van der Waals surface area contributed by atoms with E-state index in [9.17, 15) is 4.79 Å². The van der Waals surface area contributed by atoms with Crippen LogP contribution in [0.4, 0.5) is 0 Å². The number of rotatable bonds is 7. The fourth-order valence-electron chi connectivity index (χ4n) is 2.76. The van der Waals surface area contributed by atoms with E-state index in [1.807, 2.05) is 18.2 Å². The maximum Gasteiger partial charge on any atom is 0.227 e. The van der Waals surface area contributed by atoms with Gasteiger partial charge in [-0.15, -0.1) is 0 Å². The van der Waals surface area contributed by atoms with Crippen LogP contribution in [0.5, 0.6) is 0 Å². The van der Waals surface area contributed by atoms with Crippen LogP contribution in [0.2, 0.25) is 0 Å². The lowest BCUT2D eigenvalue weighted by Gasteiger charge is -2.12. The van der Waals surface area contributed by atoms with Crippen LogP contribution in [0, 0.1) is 0 Å². The molecular weight excluding hydrogens is 304 g/mol. The number of nitrogens with zero attached hydrogens (tertiary/aromatic N) is 3. The largest absolute Gasteiger partial charge is 0.356 e. The number of allylic oxidation sites excluding steroid dienone is 1. The summed E-state index contributed by atoms with van der Waals surface area (Å²) in [6.07, 6.45) is 10.7. The minimum absolute atomic E-state index is 0.0176. The van der Waals surface area contributed by atoms with Gasteiger partial charge in [-0.2, -0.15) is 4.98 Å². The van der Waals surface area contributed by atoms with Crippen LogP contribution < -0.4 is 5.32 Å². The van der Waals surface area contributed by atoms with Crippen LogP contribution in [0.1, 0.15) is 44.4 Å². The predicted octanol–water partition coefficient (Wildman–Crippen LogP) is 3.07. The lowest BCUT2D eigenvalue weighted by molar-refractivity contribution is -0.121. The summed E-state index contributed by atoms with van der Waals surface area (Å²) in [5, 5.41) is 6.86. The number of pyridine rings is 1. The third-order valence-electron chi connectivity index (χ3n) is 4.08. The Morgan fingerprint density at radius 1 is 1.25 bits per heavy atom. The van der Waals surface area contributed by atoms with Crippen LogP contribution in [0.25, 0.3) is 11.5 Å². The first-order chi connectivity index (χ1) is 11.8. The van der Waals surface area contributed by atoms with Crippen molar-refractivity contribution < 1.29 is 9.32 Å². The fraction of sp³-hybridized carbons (Fsp3) is 0.444. The van der Waals surface area contributed by atoms with Crippen LogP contribution in [0.15, 0.2) is 40.6 Å². The SMILES string of the molecule is O=C(CCc1nc(-c2ccccn2)no1)NCCC1=CCCCC1. The van der Waals surface area contributed by atoms with E-state index in [1.165, 1.54) is 31.3 Å². The van der Waals surface area contributed by atoms with Crippen molar-refractivity contribution in [3.63, 3.8) is 0 Å². The van der Waals surface area contributed by atoms with Crippen molar-refractivity contribution in [3.8, 4) is 11.5 Å². The summed E-state index contributed by atoms with van der Waals surface area (Å²) in [6, 6.07) is 5.52. The molecule has 2 aromatic rings. The molecule has 6 heteroatoms. The molecule has 0 fully saturated rings. The molecule has 1 aliphatic carbocycles. The van der Waals surface area contributed by atoms with E-state index in [1.54, 1.807) is 6.20 Å². The second-order valence-corrected chi connectivity index (χ2v) is 5.93. The van der Waals surface area contributed by atoms with Gasteiger partial charge in [0.1, 0.15) is 5.69 Å². The number of hydrogen-bond donors (Lipinski definition) is 1. The van der Waals surface area contributed by atoms with Crippen LogP contribution in [-0.4, -0.2) is 27.6 Å². The zero-order valence-corrected chi connectivity index (χ0v) is 13.7. The number of hydrogen-bond acceptors (Lipinski definition) is 5. The Hall–Kier alpha value is -2.50. The zero-order valence-electron chi connectivity index (χ0n) is 13.7. The van der Waals surface area contributed by atoms with Crippen molar-refractivity contribution in [3.05, 3.63) is 41.9 Å². The fourth-order valence-corrected chi connectivity index (χ4v) is 2.76. The van der Waals surface area contributed by atoms with Crippen molar-refractivity contribution >= 4 is 5.91 Å². The average Bonchev–Trinajstić information content (AvgIpc) is 3.11. The predicted molar refractivity (Wildman–Crippen MR) is 90.0 cm³/mol. The highest BCUT2D eigenvalue weighted by Gasteiger charge is 2.11. The summed E-state index contributed by atoms with van der Waals surface area (Å²) < 4.78 is 5.18. The smallest absolute Gasteiger partial charge is 0.227 e. The van der Waals surface area contributed by atoms with Gasteiger partial charge in [0.15, 0.2) is 0 Å². The van der Waals surface area contributed by atoms with E-state index >= 15 is 0 Å². The van der Waals surface area contributed by atoms with Crippen molar-refractivity contribution in [2.75, 3.05) is 6.54 Å². The minimum atomic E-state index is 0.0176. The number of aryl methyl sites for hydroxylation is 1. The van der Waals surface area contributed by atoms with E-state index in [0.29, 0.717) is 36.8 Å². The molecule has 0 saturated carbocycles. The van der Waals surface area contributed by atoms with Gasteiger partial charge in [-0.25, -0.2) is 0 Å². The summed E-state index contributed by atoms with van der Waals surface area (Å²) in [6.45, 7) is 0.702. The second kappa shape index (κ2) is 8.38. The molecule has 3 rings (SSSR count). The Kier molecular flexibility index (Phi) is 5.71. The van der Waals surface area contributed by atoms with Gasteiger partial charge < -0.3 is 9.84 Å². The van der Waals surface area contributed by atoms with E-state index in [-0.39, 0.29) is 5.91 Å². The molecule has 2 heterocycles. The first kappa shape index (κ1) is 16.4. The quantitative estimate of drug-likeness (QED) is 0.791. The molecule has 24 heavy (non-hydrogen) atoms. The van der Waals surface area contributed by atoms with Gasteiger partial charge in [0.25, 0.3) is 0 Å². The zero-order chi connectivity index (χ0) is 16.6. The first-order valence-electron chi connectivity index (χ1n) is 8.50. The van der Waals surface area contributed by atoms with E-state index in [0.717, 1.165) is 6.42 Å². The maximum absolute atomic E-state index is 11.9. The summed E-state index contributed by atoms with van der Waals surface area (Å²) in [5.74, 6) is 0.931. The summed E-state index contributed by atoms with van der Waals surface area (Å²) >= 11 is 0. The molecule has 0 radical (unpaired) electrons. The molecule has 0 bridgehead atoms. The molecule has 0 aromatic carbocycles. The molecule has 1 amide bonds. The van der Waals surface area contributed by atoms with Crippen LogP contribution in [-0.2, 0) is 11.2 Å². The number of aromatic nitrogens is 3. The normalized spacial score (nSPS) is 14.2. The molecule has 1 N–H and O–H groups in total. The van der Waals surface area contributed by atoms with Gasteiger partial charge in [-0.05, 0) is 44.2 Å². The van der Waals surface area contributed by atoms with Crippen LogP contribution in [0.3, 0.4) is 0 Å². The van der Waals surface area contributed by atoms with Gasteiger partial charge in [-0.1, -0.05) is 22.9 Å². The second-order valence-electron chi connectivity index (χ2n) is 5.93. The Labute approximate surface area is 141 Å². The lowest BCUT2D eigenvalue weighted by Crippen LogP contribution is -2.25. The highest BCUT2D eigenvalue weighted by Crippen LogP contribution is 2.19. The van der Waals surface area contributed by atoms with Crippen molar-refractivity contribution in [1.82, 2.24) is 20.4 Å². The molecule has 0 unspecified atom stereocenters. The number of carbonyl (C=O) groups is 1. The molecule has 6 nitrogen and oxygen atoms in total. The molecule has 0 spiro atoms. The van der Waals surface area contributed by atoms with Gasteiger partial charge in [0.05, 0.1) is 0 Å². The van der Waals surface area contributed by atoms with E-state index in [4.69, 9.17) is 4.52 Å². The van der Waals surface area contributed by atoms with E-state index in [2.05, 4.69) is 26.5 Å². The van der Waals surface area contributed by atoms with Crippen molar-refractivity contribution in [2.24, 2.45) is 0 Å². The standard InChI is InChI=1S/C18H22N4O2/c23-16(20-13-11-14-6-2-1-3-7-14)9-10-17-21-18(22-24-17)15-8-4-5-12-19-15/h4-6,8,12H,1-3,7,9-11,13H2,(H,20,23). The molecule has 0 aliphatic heterocycles. The van der Waals surface area contributed by atoms with Crippen molar-refractivity contribution in [1.29, 1.82) is 0 Å². The number of carbonyl (C=O) groups excluding carboxylic acids is 1. The third kappa shape index (κ3) is 4.75. The minimum Gasteiger partial charge on any atom is -0.356 e. The topological polar surface area (TPSA) is 80.9 Å². The Morgan fingerprint density at radius 2 is 2.21 bits per heavy atom. The summed E-state index contributed by atoms with van der Waals surface area (Å²) in [4.78, 5) is 20.4. The van der Waals surface area contributed by atoms with E-state index < -0.39 is 0 Å². The van der Waals surface area contributed by atoms with Gasteiger partial charge in [0, 0.05) is 25.6 Å². The summed E-state index contributed by atoms with van der Waals surface area (Å²) in [7, 11) is 0. The average molecular weight is 326 g/mol. The molecule has 0 saturated heterocycles. The van der Waals surface area contributed by atoms with Crippen molar-refractivity contribution in [2.45, 2.75) is 44.9 Å². The lowest BCUT2D eigenvalue weighted by atomic mass is 9.97. The summed E-state index contributed by atoms with van der Waals surface area (Å²) in [5.41, 5.74) is 2.14. The Morgan fingerprint density at radius 3 is 3.00 bits per heavy atom. The Balaban J connectivity index is 1.40. The molecule has 0 atom stereocenters. The number of amides is 1. The Bertz CT molecular complexity index is 694. The third-order valence-corrected chi connectivity index (χ3v) is 4.08. The van der Waals surface area contributed by atoms with Gasteiger partial charge >= 0.3 is 0 Å². The number of nitrogens with one attached hydrogen (secondary N) is 1. The molecule has 126 valence electrons. The van der Waals surface area contributed by atoms with Crippen LogP contribution >= 0.6 is 0 Å². The van der Waals surface area contributed by atoms with Gasteiger partial charge in [-0.3, -0.25) is 9.78 Å². The molecular formula is C18H22N4O2. The highest BCUT2D eigenvalue weighted by molar-refractivity contribution is 5.76. The maximum atomic E-state index is 11.9. The molecule has 2 aromatic heterocycles. The molecule has 1 aliphatic rings. The monoisotopic (exact) mass is 326 g/mol. The first-order valence-corrected chi connectivity index (χ1v) is 8.50.